The maximum absolute atomic E-state index is 13.2. The van der Waals surface area contributed by atoms with Crippen molar-refractivity contribution >= 4 is 51.2 Å². The molecule has 0 saturated heterocycles. The molecule has 2 aromatic heterocycles. The molecule has 1 aromatic carbocycles. The minimum atomic E-state index is -0.298. The molecule has 0 aliphatic carbocycles. The minimum Gasteiger partial charge on any atom is -0.374 e. The average Bonchev–Trinajstić information content (AvgIpc) is 3.40. The van der Waals surface area contributed by atoms with Gasteiger partial charge in [-0.1, -0.05) is 41.3 Å². The van der Waals surface area contributed by atoms with Crippen molar-refractivity contribution in [3.63, 3.8) is 0 Å². The predicted molar refractivity (Wildman–Crippen MR) is 107 cm³/mol. The number of hydrazone groups is 1. The molecular formula is C17H14FN5OS3. The van der Waals surface area contributed by atoms with Crippen LogP contribution in [-0.4, -0.2) is 32.6 Å². The maximum atomic E-state index is 13.2. The summed E-state index contributed by atoms with van der Waals surface area (Å²) < 4.78 is 13.9. The summed E-state index contributed by atoms with van der Waals surface area (Å²) in [6.07, 6.45) is 0.592. The van der Waals surface area contributed by atoms with Gasteiger partial charge in [-0.2, -0.15) is 5.10 Å². The second-order valence-corrected chi connectivity index (χ2v) is 8.93. The third-order valence-electron chi connectivity index (χ3n) is 3.96. The first-order chi connectivity index (χ1) is 13.1. The number of anilines is 1. The number of nitrogens with zero attached hydrogens (tertiary/aromatic N) is 4. The normalized spacial score (nSPS) is 16.6. The zero-order valence-corrected chi connectivity index (χ0v) is 16.4. The molecule has 0 radical (unpaired) electrons. The first-order valence-corrected chi connectivity index (χ1v) is 10.7. The van der Waals surface area contributed by atoms with E-state index >= 15 is 0 Å². The van der Waals surface area contributed by atoms with E-state index in [4.69, 9.17) is 5.73 Å². The fourth-order valence-electron chi connectivity index (χ4n) is 2.73. The van der Waals surface area contributed by atoms with Gasteiger partial charge >= 0.3 is 0 Å². The first kappa shape index (κ1) is 18.1. The smallest absolute Gasteiger partial charge is 0.253 e. The zero-order valence-electron chi connectivity index (χ0n) is 13.9. The SMILES string of the molecule is Nc1nnc(SCC(=O)N2N=C(c3ccc(F)cc3)CC2c2cccs2)s1. The number of halogens is 1. The lowest BCUT2D eigenvalue weighted by molar-refractivity contribution is -0.130. The number of thioether (sulfide) groups is 1. The highest BCUT2D eigenvalue weighted by atomic mass is 32.2. The van der Waals surface area contributed by atoms with Crippen LogP contribution in [0.1, 0.15) is 22.9 Å². The van der Waals surface area contributed by atoms with E-state index in [2.05, 4.69) is 15.3 Å². The molecule has 1 amide bonds. The van der Waals surface area contributed by atoms with E-state index in [0.29, 0.717) is 15.9 Å². The Bertz CT molecular complexity index is 971. The fraction of sp³-hybridized carbons (Fsp3) is 0.176. The number of rotatable bonds is 5. The lowest BCUT2D eigenvalue weighted by Gasteiger charge is -2.20. The van der Waals surface area contributed by atoms with Crippen LogP contribution in [0.3, 0.4) is 0 Å². The van der Waals surface area contributed by atoms with Gasteiger partial charge in [-0.15, -0.1) is 21.5 Å². The maximum Gasteiger partial charge on any atom is 0.253 e. The first-order valence-electron chi connectivity index (χ1n) is 8.01. The Morgan fingerprint density at radius 3 is 2.78 bits per heavy atom. The van der Waals surface area contributed by atoms with Gasteiger partial charge in [0.1, 0.15) is 5.82 Å². The molecule has 6 nitrogen and oxygen atoms in total. The topological polar surface area (TPSA) is 84.5 Å². The van der Waals surface area contributed by atoms with Crippen LogP contribution in [0.2, 0.25) is 0 Å². The van der Waals surface area contributed by atoms with E-state index in [1.54, 1.807) is 23.5 Å². The second kappa shape index (κ2) is 7.75. The Balaban J connectivity index is 1.55. The number of carbonyl (C=O) groups excluding carboxylic acids is 1. The van der Waals surface area contributed by atoms with Crippen molar-refractivity contribution in [3.8, 4) is 0 Å². The number of carbonyl (C=O) groups is 1. The van der Waals surface area contributed by atoms with E-state index in [9.17, 15) is 9.18 Å². The summed E-state index contributed by atoms with van der Waals surface area (Å²) in [4.78, 5) is 13.9. The quantitative estimate of drug-likeness (QED) is 0.636. The number of thiophene rings is 1. The molecule has 138 valence electrons. The lowest BCUT2D eigenvalue weighted by atomic mass is 10.0. The summed E-state index contributed by atoms with van der Waals surface area (Å²) in [7, 11) is 0. The summed E-state index contributed by atoms with van der Waals surface area (Å²) in [5.74, 6) is -0.228. The Labute approximate surface area is 166 Å². The van der Waals surface area contributed by atoms with E-state index in [0.717, 1.165) is 16.2 Å². The van der Waals surface area contributed by atoms with Gasteiger partial charge in [0.05, 0.1) is 17.5 Å². The molecule has 0 fully saturated rings. The predicted octanol–water partition coefficient (Wildman–Crippen LogP) is 3.79. The van der Waals surface area contributed by atoms with Gasteiger partial charge in [-0.05, 0) is 29.1 Å². The summed E-state index contributed by atoms with van der Waals surface area (Å²) in [6, 6.07) is 9.97. The molecule has 0 bridgehead atoms. The molecule has 1 unspecified atom stereocenters. The van der Waals surface area contributed by atoms with Crippen LogP contribution in [0.4, 0.5) is 9.52 Å². The van der Waals surface area contributed by atoms with Crippen molar-refractivity contribution < 1.29 is 9.18 Å². The van der Waals surface area contributed by atoms with Crippen LogP contribution in [0.15, 0.2) is 51.2 Å². The minimum absolute atomic E-state index is 0.121. The molecule has 1 aliphatic heterocycles. The van der Waals surface area contributed by atoms with Crippen LogP contribution < -0.4 is 5.73 Å². The number of nitrogens with two attached hydrogens (primary N) is 1. The summed E-state index contributed by atoms with van der Waals surface area (Å²) in [5.41, 5.74) is 7.16. The van der Waals surface area contributed by atoms with Gasteiger partial charge < -0.3 is 5.73 Å². The molecule has 1 aliphatic rings. The Morgan fingerprint density at radius 2 is 2.11 bits per heavy atom. The highest BCUT2D eigenvalue weighted by molar-refractivity contribution is 8.01. The largest absolute Gasteiger partial charge is 0.374 e. The van der Waals surface area contributed by atoms with Crippen molar-refractivity contribution in [2.24, 2.45) is 5.10 Å². The molecule has 3 aromatic rings. The van der Waals surface area contributed by atoms with Crippen molar-refractivity contribution in [2.75, 3.05) is 11.5 Å². The second-order valence-electron chi connectivity index (χ2n) is 5.72. The third kappa shape index (κ3) is 4.02. The van der Waals surface area contributed by atoms with Crippen molar-refractivity contribution in [2.45, 2.75) is 16.8 Å². The number of nitrogen functional groups attached to an aromatic ring is 1. The fourth-order valence-corrected chi connectivity index (χ4v) is 5.03. The van der Waals surface area contributed by atoms with Crippen LogP contribution >= 0.6 is 34.4 Å². The number of benzene rings is 1. The van der Waals surface area contributed by atoms with Gasteiger partial charge in [0, 0.05) is 11.3 Å². The van der Waals surface area contributed by atoms with Crippen LogP contribution in [0.5, 0.6) is 0 Å². The number of aromatic nitrogens is 2. The molecule has 4 rings (SSSR count). The van der Waals surface area contributed by atoms with Crippen LogP contribution in [0.25, 0.3) is 0 Å². The van der Waals surface area contributed by atoms with Crippen molar-refractivity contribution in [1.82, 2.24) is 15.2 Å². The Hall–Kier alpha value is -2.30. The summed E-state index contributed by atoms with van der Waals surface area (Å²) in [6.45, 7) is 0. The molecule has 3 heterocycles. The zero-order chi connectivity index (χ0) is 18.8. The molecule has 10 heteroatoms. The standard InChI is InChI=1S/C17H14FN5OS3/c18-11-5-3-10(4-6-11)12-8-13(14-2-1-7-25-14)23(22-12)15(24)9-26-17-21-20-16(19)27-17/h1-7,13H,8-9H2,(H2,19,20). The molecule has 1 atom stereocenters. The van der Waals surface area contributed by atoms with E-state index in [-0.39, 0.29) is 23.5 Å². The number of hydrogen-bond donors (Lipinski definition) is 1. The lowest BCUT2D eigenvalue weighted by Crippen LogP contribution is -2.28. The Morgan fingerprint density at radius 1 is 1.30 bits per heavy atom. The highest BCUT2D eigenvalue weighted by Gasteiger charge is 2.33. The van der Waals surface area contributed by atoms with Crippen LogP contribution in [0, 0.1) is 5.82 Å². The average molecular weight is 420 g/mol. The van der Waals surface area contributed by atoms with Gasteiger partial charge in [0.25, 0.3) is 5.91 Å². The number of hydrogen-bond acceptors (Lipinski definition) is 8. The Kier molecular flexibility index (Phi) is 5.19. The third-order valence-corrected chi connectivity index (χ3v) is 6.80. The molecule has 2 N–H and O–H groups in total. The van der Waals surface area contributed by atoms with E-state index in [1.165, 1.54) is 40.2 Å². The molecule has 0 saturated carbocycles. The van der Waals surface area contributed by atoms with Gasteiger partial charge in [-0.3, -0.25) is 4.79 Å². The number of amides is 1. The summed E-state index contributed by atoms with van der Waals surface area (Å²) >= 11 is 4.13. The van der Waals surface area contributed by atoms with E-state index in [1.807, 2.05) is 17.5 Å². The molecule has 0 spiro atoms. The van der Waals surface area contributed by atoms with Gasteiger partial charge in [0.2, 0.25) is 5.13 Å². The van der Waals surface area contributed by atoms with E-state index < -0.39 is 0 Å². The van der Waals surface area contributed by atoms with Gasteiger partial charge in [-0.25, -0.2) is 9.40 Å². The molecular weight excluding hydrogens is 405 g/mol. The monoisotopic (exact) mass is 419 g/mol. The van der Waals surface area contributed by atoms with Crippen molar-refractivity contribution in [3.05, 3.63) is 58.0 Å². The summed E-state index contributed by atoms with van der Waals surface area (Å²) in [5, 5.41) is 16.1. The van der Waals surface area contributed by atoms with Crippen LogP contribution in [-0.2, 0) is 4.79 Å². The van der Waals surface area contributed by atoms with Crippen molar-refractivity contribution in [1.29, 1.82) is 0 Å². The van der Waals surface area contributed by atoms with Gasteiger partial charge in [0.15, 0.2) is 4.34 Å². The molecule has 27 heavy (non-hydrogen) atoms. The highest BCUT2D eigenvalue weighted by Crippen LogP contribution is 2.36.